The van der Waals surface area contributed by atoms with Crippen LogP contribution in [-0.2, 0) is 0 Å². The van der Waals surface area contributed by atoms with Gasteiger partial charge < -0.3 is 5.32 Å². The zero-order valence-corrected chi connectivity index (χ0v) is 15.4. The Bertz CT molecular complexity index is 596. The van der Waals surface area contributed by atoms with Crippen LogP contribution in [0.15, 0.2) is 49.8 Å². The molecule has 2 rings (SSSR count). The predicted molar refractivity (Wildman–Crippen MR) is 91.6 cm³/mol. The summed E-state index contributed by atoms with van der Waals surface area (Å²) in [5.74, 6) is 0. The lowest BCUT2D eigenvalue weighted by Crippen LogP contribution is -2.18. The summed E-state index contributed by atoms with van der Waals surface area (Å²) >= 11 is 10.9. The van der Waals surface area contributed by atoms with Crippen molar-refractivity contribution in [3.05, 3.63) is 66.5 Å². The lowest BCUT2D eigenvalue weighted by Gasteiger charge is -2.21. The Hall–Kier alpha value is -0.160. The molecular weight excluding hydrogens is 434 g/mol. The molecule has 0 radical (unpaired) electrons. The molecule has 0 heterocycles. The van der Waals surface area contributed by atoms with Gasteiger partial charge in [-0.15, -0.1) is 0 Å². The Labute approximate surface area is 139 Å². The first kappa shape index (κ1) is 15.2. The summed E-state index contributed by atoms with van der Waals surface area (Å²) in [6.45, 7) is 2.09. The van der Waals surface area contributed by atoms with Gasteiger partial charge in [0.2, 0.25) is 0 Å². The van der Waals surface area contributed by atoms with E-state index in [1.807, 2.05) is 13.1 Å². The fourth-order valence-corrected chi connectivity index (χ4v) is 3.63. The van der Waals surface area contributed by atoms with Gasteiger partial charge >= 0.3 is 0 Å². The van der Waals surface area contributed by atoms with E-state index in [1.165, 1.54) is 16.7 Å². The molecule has 0 saturated carbocycles. The summed E-state index contributed by atoms with van der Waals surface area (Å²) in [5, 5.41) is 3.38. The molecule has 1 unspecified atom stereocenters. The van der Waals surface area contributed by atoms with Crippen LogP contribution in [0, 0.1) is 6.92 Å². The van der Waals surface area contributed by atoms with Crippen LogP contribution in [0.25, 0.3) is 0 Å². The van der Waals surface area contributed by atoms with Crippen molar-refractivity contribution < 1.29 is 0 Å². The number of aryl methyl sites for hydroxylation is 1. The van der Waals surface area contributed by atoms with Gasteiger partial charge in [0, 0.05) is 13.4 Å². The molecular formula is C15H14Br3N. The highest BCUT2D eigenvalue weighted by Gasteiger charge is 2.18. The lowest BCUT2D eigenvalue weighted by molar-refractivity contribution is 0.685. The number of hydrogen-bond acceptors (Lipinski definition) is 1. The third-order valence-electron chi connectivity index (χ3n) is 3.09. The van der Waals surface area contributed by atoms with E-state index in [1.54, 1.807) is 0 Å². The Kier molecular flexibility index (Phi) is 5.23. The fourth-order valence-electron chi connectivity index (χ4n) is 2.07. The van der Waals surface area contributed by atoms with Crippen molar-refractivity contribution in [1.29, 1.82) is 0 Å². The van der Waals surface area contributed by atoms with Crippen LogP contribution in [0.1, 0.15) is 22.7 Å². The van der Waals surface area contributed by atoms with E-state index >= 15 is 0 Å². The second-order valence-corrected chi connectivity index (χ2v) is 6.93. The summed E-state index contributed by atoms with van der Waals surface area (Å²) in [5.41, 5.74) is 3.66. The number of halogens is 3. The van der Waals surface area contributed by atoms with Crippen molar-refractivity contribution in [1.82, 2.24) is 5.32 Å². The minimum atomic E-state index is 0.141. The molecule has 0 aromatic heterocycles. The first-order valence-corrected chi connectivity index (χ1v) is 8.29. The third-order valence-corrected chi connectivity index (χ3v) is 5.36. The highest BCUT2D eigenvalue weighted by molar-refractivity contribution is 9.11. The molecule has 19 heavy (non-hydrogen) atoms. The summed E-state index contributed by atoms with van der Waals surface area (Å²) in [6.07, 6.45) is 0. The number of nitrogens with one attached hydrogen (secondary N) is 1. The second kappa shape index (κ2) is 6.53. The van der Waals surface area contributed by atoms with Crippen LogP contribution in [-0.4, -0.2) is 7.05 Å². The maximum Gasteiger partial charge on any atom is 0.0596 e. The summed E-state index contributed by atoms with van der Waals surface area (Å²) in [4.78, 5) is 0. The van der Waals surface area contributed by atoms with Crippen molar-refractivity contribution >= 4 is 47.8 Å². The molecule has 1 nitrogen and oxygen atoms in total. The van der Waals surface area contributed by atoms with Crippen molar-refractivity contribution in [2.45, 2.75) is 13.0 Å². The zero-order chi connectivity index (χ0) is 14.0. The molecule has 2 aromatic rings. The average molecular weight is 448 g/mol. The average Bonchev–Trinajstić information content (AvgIpc) is 2.38. The molecule has 0 bridgehead atoms. The number of hydrogen-bond donors (Lipinski definition) is 1. The van der Waals surface area contributed by atoms with Crippen LogP contribution in [0.2, 0.25) is 0 Å². The molecule has 2 aromatic carbocycles. The summed E-state index contributed by atoms with van der Waals surface area (Å²) < 4.78 is 3.35. The van der Waals surface area contributed by atoms with Crippen molar-refractivity contribution in [2.24, 2.45) is 0 Å². The normalized spacial score (nSPS) is 12.5. The molecule has 1 N–H and O–H groups in total. The quantitative estimate of drug-likeness (QED) is 0.646. The van der Waals surface area contributed by atoms with Crippen molar-refractivity contribution in [3.63, 3.8) is 0 Å². The predicted octanol–water partition coefficient (Wildman–Crippen LogP) is 5.59. The highest BCUT2D eigenvalue weighted by atomic mass is 79.9. The van der Waals surface area contributed by atoms with Gasteiger partial charge in [-0.05, 0) is 48.9 Å². The van der Waals surface area contributed by atoms with Gasteiger partial charge in [0.05, 0.1) is 6.04 Å². The van der Waals surface area contributed by atoms with Crippen molar-refractivity contribution in [3.8, 4) is 0 Å². The minimum Gasteiger partial charge on any atom is -0.309 e. The van der Waals surface area contributed by atoms with Gasteiger partial charge in [-0.1, -0.05) is 66.0 Å². The van der Waals surface area contributed by atoms with Crippen LogP contribution in [0.5, 0.6) is 0 Å². The van der Waals surface area contributed by atoms with Crippen molar-refractivity contribution in [2.75, 3.05) is 7.05 Å². The molecule has 0 amide bonds. The van der Waals surface area contributed by atoms with E-state index in [-0.39, 0.29) is 6.04 Å². The van der Waals surface area contributed by atoms with E-state index in [2.05, 4.69) is 90.4 Å². The van der Waals surface area contributed by atoms with E-state index in [0.29, 0.717) is 0 Å². The molecule has 100 valence electrons. The molecule has 0 aliphatic heterocycles. The molecule has 0 fully saturated rings. The largest absolute Gasteiger partial charge is 0.309 e. The Morgan fingerprint density at radius 2 is 1.58 bits per heavy atom. The second-order valence-electron chi connectivity index (χ2n) is 4.37. The molecule has 0 aliphatic carbocycles. The van der Waals surface area contributed by atoms with Gasteiger partial charge in [-0.3, -0.25) is 0 Å². The molecule has 0 aliphatic rings. The third kappa shape index (κ3) is 3.30. The summed E-state index contributed by atoms with van der Waals surface area (Å²) in [6, 6.07) is 12.7. The standard InChI is InChI=1S/C15H14Br3N/c1-9-7-14(18)11(8-13(9)17)15(19-2)10-5-3-4-6-12(10)16/h3-8,15,19H,1-2H3. The Balaban J connectivity index is 2.55. The first-order valence-electron chi connectivity index (χ1n) is 5.92. The van der Waals surface area contributed by atoms with E-state index in [9.17, 15) is 0 Å². The summed E-state index contributed by atoms with van der Waals surface area (Å²) in [7, 11) is 1.98. The van der Waals surface area contributed by atoms with E-state index in [0.717, 1.165) is 13.4 Å². The minimum absolute atomic E-state index is 0.141. The number of benzene rings is 2. The fraction of sp³-hybridized carbons (Fsp3) is 0.200. The number of rotatable bonds is 3. The zero-order valence-electron chi connectivity index (χ0n) is 10.7. The molecule has 0 saturated heterocycles. The Morgan fingerprint density at radius 1 is 0.895 bits per heavy atom. The van der Waals surface area contributed by atoms with Gasteiger partial charge in [-0.2, -0.15) is 0 Å². The van der Waals surface area contributed by atoms with Gasteiger partial charge in [-0.25, -0.2) is 0 Å². The SMILES string of the molecule is CNC(c1ccccc1Br)c1cc(Br)c(C)cc1Br. The smallest absolute Gasteiger partial charge is 0.0596 e. The monoisotopic (exact) mass is 445 g/mol. The van der Waals surface area contributed by atoms with Gasteiger partial charge in [0.15, 0.2) is 0 Å². The highest BCUT2D eigenvalue weighted by Crippen LogP contribution is 2.35. The van der Waals surface area contributed by atoms with Crippen LogP contribution >= 0.6 is 47.8 Å². The first-order chi connectivity index (χ1) is 9.04. The lowest BCUT2D eigenvalue weighted by atomic mass is 9.98. The molecule has 1 atom stereocenters. The van der Waals surface area contributed by atoms with Crippen LogP contribution in [0.4, 0.5) is 0 Å². The van der Waals surface area contributed by atoms with Crippen LogP contribution in [0.3, 0.4) is 0 Å². The maximum atomic E-state index is 3.67. The van der Waals surface area contributed by atoms with E-state index in [4.69, 9.17) is 0 Å². The molecule has 4 heteroatoms. The van der Waals surface area contributed by atoms with E-state index < -0.39 is 0 Å². The Morgan fingerprint density at radius 3 is 2.21 bits per heavy atom. The molecule has 0 spiro atoms. The van der Waals surface area contributed by atoms with Gasteiger partial charge in [0.1, 0.15) is 0 Å². The van der Waals surface area contributed by atoms with Crippen LogP contribution < -0.4 is 5.32 Å². The topological polar surface area (TPSA) is 12.0 Å². The maximum absolute atomic E-state index is 3.67. The van der Waals surface area contributed by atoms with Gasteiger partial charge in [0.25, 0.3) is 0 Å².